The van der Waals surface area contributed by atoms with Gasteiger partial charge in [-0.1, -0.05) is 12.1 Å². The minimum atomic E-state index is -0.564. The summed E-state index contributed by atoms with van der Waals surface area (Å²) in [6, 6.07) is 10.9. The van der Waals surface area contributed by atoms with Crippen molar-refractivity contribution in [3.63, 3.8) is 0 Å². The number of nitrogens with zero attached hydrogens (tertiary/aromatic N) is 2. The van der Waals surface area contributed by atoms with Gasteiger partial charge in [0.2, 0.25) is 5.91 Å². The van der Waals surface area contributed by atoms with E-state index in [-0.39, 0.29) is 36.3 Å². The number of likely N-dealkylation sites (tertiary alicyclic amines) is 1. The van der Waals surface area contributed by atoms with E-state index in [9.17, 15) is 19.2 Å². The monoisotopic (exact) mass is 448 g/mol. The number of piperidine rings is 1. The maximum absolute atomic E-state index is 12.7. The molecule has 1 fully saturated rings. The maximum Gasteiger partial charge on any atom is 0.417 e. The van der Waals surface area contributed by atoms with Crippen molar-refractivity contribution < 1.29 is 14.0 Å². The van der Waals surface area contributed by atoms with Crippen LogP contribution in [0.25, 0.3) is 22.1 Å². The number of imidazole rings is 1. The number of H-pyrrole nitrogens is 2. The Morgan fingerprint density at radius 3 is 2.61 bits per heavy atom. The highest BCUT2D eigenvalue weighted by molar-refractivity contribution is 6.00. The molecule has 0 spiro atoms. The van der Waals surface area contributed by atoms with E-state index >= 15 is 0 Å². The fourth-order valence-electron chi connectivity index (χ4n) is 4.72. The lowest BCUT2D eigenvalue weighted by molar-refractivity contribution is -0.132. The molecule has 4 aromatic rings. The first-order chi connectivity index (χ1) is 15.9. The van der Waals surface area contributed by atoms with E-state index < -0.39 is 5.76 Å². The Kier molecular flexibility index (Phi) is 5.24. The van der Waals surface area contributed by atoms with Crippen LogP contribution >= 0.6 is 0 Å². The molecule has 0 bridgehead atoms. The number of aromatic amines is 2. The number of Topliss-reactive ketones (excluding diaryl/α,β-unsaturated/α-hetero) is 1. The molecule has 9 nitrogen and oxygen atoms in total. The summed E-state index contributed by atoms with van der Waals surface area (Å²) in [6.07, 6.45) is 1.57. The topological polar surface area (TPSA) is 121 Å². The fourth-order valence-corrected chi connectivity index (χ4v) is 4.72. The molecule has 9 heteroatoms. The van der Waals surface area contributed by atoms with Gasteiger partial charge in [0.25, 0.3) is 0 Å². The van der Waals surface area contributed by atoms with Gasteiger partial charge in [-0.25, -0.2) is 9.59 Å². The fraction of sp³-hybridized carbons (Fsp3) is 0.333. The third kappa shape index (κ3) is 3.90. The maximum atomic E-state index is 12.7. The zero-order valence-electron chi connectivity index (χ0n) is 18.2. The second-order valence-corrected chi connectivity index (χ2v) is 8.53. The molecule has 1 saturated heterocycles. The van der Waals surface area contributed by atoms with Gasteiger partial charge in [-0.05, 0) is 49.6 Å². The number of aromatic nitrogens is 3. The lowest BCUT2D eigenvalue weighted by Crippen LogP contribution is -2.40. The summed E-state index contributed by atoms with van der Waals surface area (Å²) in [5.41, 5.74) is 3.64. The highest BCUT2D eigenvalue weighted by Crippen LogP contribution is 2.25. The zero-order chi connectivity index (χ0) is 23.1. The molecule has 0 saturated carbocycles. The van der Waals surface area contributed by atoms with E-state index in [0.717, 1.165) is 16.6 Å². The zero-order valence-corrected chi connectivity index (χ0v) is 18.2. The number of oxazole rings is 1. The summed E-state index contributed by atoms with van der Waals surface area (Å²) in [4.78, 5) is 56.5. The highest BCUT2D eigenvalue weighted by atomic mass is 16.4. The molecule has 0 aliphatic carbocycles. The van der Waals surface area contributed by atoms with Crippen molar-refractivity contribution in [2.75, 3.05) is 13.1 Å². The Hall–Kier alpha value is -3.88. The van der Waals surface area contributed by atoms with Gasteiger partial charge >= 0.3 is 11.4 Å². The van der Waals surface area contributed by atoms with E-state index in [0.29, 0.717) is 42.6 Å². The molecule has 3 heterocycles. The van der Waals surface area contributed by atoms with Crippen LogP contribution in [0.2, 0.25) is 0 Å². The molecule has 1 aliphatic heterocycles. The average molecular weight is 448 g/mol. The third-order valence-corrected chi connectivity index (χ3v) is 6.42. The number of carbonyl (C=O) groups excluding carboxylic acids is 2. The average Bonchev–Trinajstić information content (AvgIpc) is 3.35. The number of rotatable bonds is 5. The quantitative estimate of drug-likeness (QED) is 0.455. The summed E-state index contributed by atoms with van der Waals surface area (Å²) in [7, 11) is 0. The van der Waals surface area contributed by atoms with Crippen molar-refractivity contribution in [2.24, 2.45) is 0 Å². The number of para-hydroxylation sites is 2. The predicted molar refractivity (Wildman–Crippen MR) is 123 cm³/mol. The Labute approximate surface area is 188 Å². The highest BCUT2D eigenvalue weighted by Gasteiger charge is 2.26. The first kappa shape index (κ1) is 21.0. The lowest BCUT2D eigenvalue weighted by Gasteiger charge is -2.32. The van der Waals surface area contributed by atoms with Crippen LogP contribution in [0.5, 0.6) is 0 Å². The number of aryl methyl sites for hydroxylation is 1. The summed E-state index contributed by atoms with van der Waals surface area (Å²) >= 11 is 0. The number of hydrogen-bond donors (Lipinski definition) is 2. The summed E-state index contributed by atoms with van der Waals surface area (Å²) in [6.45, 7) is 2.88. The molecule has 2 aromatic carbocycles. The summed E-state index contributed by atoms with van der Waals surface area (Å²) in [5, 5.41) is 0. The molecule has 0 unspecified atom stereocenters. The molecule has 0 atom stereocenters. The largest absolute Gasteiger partial charge is 0.417 e. The van der Waals surface area contributed by atoms with E-state index in [4.69, 9.17) is 4.42 Å². The number of carbonyl (C=O) groups is 2. The van der Waals surface area contributed by atoms with Gasteiger partial charge < -0.3 is 14.3 Å². The second-order valence-electron chi connectivity index (χ2n) is 8.53. The third-order valence-electron chi connectivity index (χ3n) is 6.42. The second kappa shape index (κ2) is 8.23. The van der Waals surface area contributed by atoms with Crippen molar-refractivity contribution in [3.05, 3.63) is 68.6 Å². The Morgan fingerprint density at radius 2 is 1.82 bits per heavy atom. The Balaban J connectivity index is 1.20. The molecule has 0 radical (unpaired) electrons. The van der Waals surface area contributed by atoms with Crippen LogP contribution in [0.15, 0.2) is 50.4 Å². The number of ketones is 1. The van der Waals surface area contributed by atoms with Crippen LogP contribution in [0.4, 0.5) is 0 Å². The minimum absolute atomic E-state index is 0.0324. The van der Waals surface area contributed by atoms with Crippen LogP contribution < -0.4 is 11.4 Å². The van der Waals surface area contributed by atoms with Gasteiger partial charge in [0.1, 0.15) is 0 Å². The van der Waals surface area contributed by atoms with E-state index in [1.165, 1.54) is 6.07 Å². The number of hydrogen-bond acceptors (Lipinski definition) is 5. The van der Waals surface area contributed by atoms with Gasteiger partial charge in [-0.3, -0.25) is 19.1 Å². The number of benzene rings is 2. The molecule has 5 rings (SSSR count). The summed E-state index contributed by atoms with van der Waals surface area (Å²) in [5.74, 6) is -0.803. The normalized spacial score (nSPS) is 14.9. The number of amides is 1. The smallest absolute Gasteiger partial charge is 0.408 e. The SMILES string of the molecule is Cc1cc(C(=O)CCC(=O)N2CCC(n3c(=O)[nH]c4ccccc43)CC2)cc2oc(=O)[nH]c12. The Morgan fingerprint density at radius 1 is 1.06 bits per heavy atom. The van der Waals surface area contributed by atoms with E-state index in [1.54, 1.807) is 22.5 Å². The summed E-state index contributed by atoms with van der Waals surface area (Å²) < 4.78 is 6.86. The van der Waals surface area contributed by atoms with Crippen LogP contribution in [-0.4, -0.2) is 44.2 Å². The molecule has 2 N–H and O–H groups in total. The van der Waals surface area contributed by atoms with Crippen molar-refractivity contribution >= 4 is 33.8 Å². The van der Waals surface area contributed by atoms with Crippen molar-refractivity contribution in [1.82, 2.24) is 19.4 Å². The predicted octanol–water partition coefficient (Wildman–Crippen LogP) is 2.90. The van der Waals surface area contributed by atoms with E-state index in [1.807, 2.05) is 24.3 Å². The Bertz CT molecular complexity index is 1480. The van der Waals surface area contributed by atoms with Crippen LogP contribution in [-0.2, 0) is 4.79 Å². The van der Waals surface area contributed by atoms with Gasteiger partial charge in [0.05, 0.1) is 16.6 Å². The number of nitrogens with one attached hydrogen (secondary N) is 2. The van der Waals surface area contributed by atoms with Crippen LogP contribution in [0, 0.1) is 6.92 Å². The first-order valence-corrected chi connectivity index (χ1v) is 11.0. The molecule has 1 amide bonds. The van der Waals surface area contributed by atoms with Crippen molar-refractivity contribution in [1.29, 1.82) is 0 Å². The van der Waals surface area contributed by atoms with Gasteiger partial charge in [-0.2, -0.15) is 0 Å². The van der Waals surface area contributed by atoms with Gasteiger partial charge in [0, 0.05) is 37.5 Å². The standard InChI is InChI=1S/C24H24N4O5/c1-14-12-15(13-20-22(14)26-24(32)33-20)19(29)6-7-21(30)27-10-8-16(9-11-27)28-18-5-3-2-4-17(18)25-23(28)31/h2-5,12-13,16H,6-11H2,1H3,(H,25,31)(H,26,32). The lowest BCUT2D eigenvalue weighted by atomic mass is 10.0. The molecule has 1 aliphatic rings. The molecule has 2 aromatic heterocycles. The molecule has 170 valence electrons. The van der Waals surface area contributed by atoms with E-state index in [2.05, 4.69) is 9.97 Å². The van der Waals surface area contributed by atoms with Crippen LogP contribution in [0.3, 0.4) is 0 Å². The van der Waals surface area contributed by atoms with Gasteiger partial charge in [0.15, 0.2) is 11.4 Å². The van der Waals surface area contributed by atoms with Gasteiger partial charge in [-0.15, -0.1) is 0 Å². The van der Waals surface area contributed by atoms with Crippen molar-refractivity contribution in [3.8, 4) is 0 Å². The molecular weight excluding hydrogens is 424 g/mol. The van der Waals surface area contributed by atoms with Crippen molar-refractivity contribution in [2.45, 2.75) is 38.6 Å². The molecule has 33 heavy (non-hydrogen) atoms. The van der Waals surface area contributed by atoms with Crippen LogP contribution in [0.1, 0.15) is 47.6 Å². The number of fused-ring (bicyclic) bond motifs is 2. The first-order valence-electron chi connectivity index (χ1n) is 11.0. The molecular formula is C24H24N4O5. The minimum Gasteiger partial charge on any atom is -0.408 e.